The van der Waals surface area contributed by atoms with Gasteiger partial charge in [0, 0.05) is 26.1 Å². The van der Waals surface area contributed by atoms with Crippen LogP contribution in [0.4, 0.5) is 0 Å². The lowest BCUT2D eigenvalue weighted by Crippen LogP contribution is -2.31. The predicted molar refractivity (Wildman–Crippen MR) is 68.9 cm³/mol. The van der Waals surface area contributed by atoms with Crippen molar-refractivity contribution in [1.82, 2.24) is 5.32 Å². The zero-order valence-electron chi connectivity index (χ0n) is 10.8. The molecule has 0 aliphatic heterocycles. The Morgan fingerprint density at radius 2 is 2.06 bits per heavy atom. The lowest BCUT2D eigenvalue weighted by atomic mass is 10.3. The van der Waals surface area contributed by atoms with Gasteiger partial charge in [0.1, 0.15) is 0 Å². The van der Waals surface area contributed by atoms with Crippen molar-refractivity contribution in [2.75, 3.05) is 39.5 Å². The van der Waals surface area contributed by atoms with E-state index in [1.807, 2.05) is 0 Å². The van der Waals surface area contributed by atoms with Gasteiger partial charge in [-0.2, -0.15) is 0 Å². The van der Waals surface area contributed by atoms with Gasteiger partial charge in [-0.15, -0.1) is 12.3 Å². The van der Waals surface area contributed by atoms with E-state index in [0.29, 0.717) is 32.8 Å². The first kappa shape index (κ1) is 16.4. The molecule has 0 aromatic heterocycles. The van der Waals surface area contributed by atoms with E-state index in [2.05, 4.69) is 18.2 Å². The lowest BCUT2D eigenvalue weighted by molar-refractivity contribution is 0.00403. The van der Waals surface area contributed by atoms with Crippen molar-refractivity contribution in [2.24, 2.45) is 0 Å². The quantitative estimate of drug-likeness (QED) is 0.393. The maximum Gasteiger partial charge on any atom is 0.0897 e. The molecule has 0 saturated heterocycles. The predicted octanol–water partition coefficient (Wildman–Crippen LogP) is 0.793. The fourth-order valence-electron chi connectivity index (χ4n) is 1.17. The number of unbranched alkanes of at least 4 members (excludes halogenated alkanes) is 1. The minimum absolute atomic E-state index is 0.334. The molecule has 17 heavy (non-hydrogen) atoms. The third-order valence-electron chi connectivity index (χ3n) is 2.15. The summed E-state index contributed by atoms with van der Waals surface area (Å²) in [6.07, 6.45) is 7.53. The van der Waals surface area contributed by atoms with E-state index in [9.17, 15) is 5.11 Å². The molecule has 1 unspecified atom stereocenters. The second kappa shape index (κ2) is 13.5. The molecule has 2 N–H and O–H groups in total. The number of ether oxygens (including phenoxy) is 2. The van der Waals surface area contributed by atoms with Crippen LogP contribution in [0.15, 0.2) is 0 Å². The molecule has 0 aromatic rings. The fraction of sp³-hybridized carbons (Fsp3) is 0.846. The first-order valence-corrected chi connectivity index (χ1v) is 6.29. The Bertz CT molecular complexity index is 192. The zero-order chi connectivity index (χ0) is 12.8. The van der Waals surface area contributed by atoms with Crippen LogP contribution < -0.4 is 5.32 Å². The number of aliphatic hydroxyl groups excluding tert-OH is 1. The van der Waals surface area contributed by atoms with E-state index in [1.165, 1.54) is 0 Å². The molecule has 0 spiro atoms. The molecule has 0 heterocycles. The van der Waals surface area contributed by atoms with Gasteiger partial charge in [-0.3, -0.25) is 0 Å². The first-order valence-electron chi connectivity index (χ1n) is 6.29. The Morgan fingerprint density at radius 3 is 2.76 bits per heavy atom. The van der Waals surface area contributed by atoms with Crippen LogP contribution in [0.2, 0.25) is 0 Å². The van der Waals surface area contributed by atoms with E-state index in [-0.39, 0.29) is 0 Å². The zero-order valence-corrected chi connectivity index (χ0v) is 10.8. The first-order chi connectivity index (χ1) is 8.31. The number of terminal acetylenes is 1. The Balaban J connectivity index is 3.11. The minimum Gasteiger partial charge on any atom is -0.389 e. The van der Waals surface area contributed by atoms with Crippen LogP contribution in [0, 0.1) is 12.3 Å². The molecule has 0 radical (unpaired) electrons. The molecule has 0 aromatic carbocycles. The van der Waals surface area contributed by atoms with Gasteiger partial charge in [0.2, 0.25) is 0 Å². The summed E-state index contributed by atoms with van der Waals surface area (Å²) in [5.41, 5.74) is 0. The third-order valence-corrected chi connectivity index (χ3v) is 2.15. The number of rotatable bonds is 12. The molecule has 0 rings (SSSR count). The van der Waals surface area contributed by atoms with Crippen LogP contribution in [0.3, 0.4) is 0 Å². The lowest BCUT2D eigenvalue weighted by Gasteiger charge is -2.11. The summed E-state index contributed by atoms with van der Waals surface area (Å²) in [5.74, 6) is 2.53. The summed E-state index contributed by atoms with van der Waals surface area (Å²) in [4.78, 5) is 0. The highest BCUT2D eigenvalue weighted by Gasteiger charge is 2.02. The van der Waals surface area contributed by atoms with Crippen LogP contribution >= 0.6 is 0 Å². The van der Waals surface area contributed by atoms with Gasteiger partial charge < -0.3 is 19.9 Å². The molecule has 4 nitrogen and oxygen atoms in total. The average molecular weight is 243 g/mol. The van der Waals surface area contributed by atoms with Crippen molar-refractivity contribution in [1.29, 1.82) is 0 Å². The standard InChI is InChI=1S/C13H25NO3/c1-3-5-7-14-11-13(15)12-17-10-9-16-8-6-4-2/h1,13-15H,4-12H2,2H3. The van der Waals surface area contributed by atoms with Crippen molar-refractivity contribution >= 4 is 0 Å². The summed E-state index contributed by atoms with van der Waals surface area (Å²) in [7, 11) is 0. The van der Waals surface area contributed by atoms with Gasteiger partial charge >= 0.3 is 0 Å². The summed E-state index contributed by atoms with van der Waals surface area (Å²) in [6.45, 7) is 5.62. The SMILES string of the molecule is C#CCCNCC(O)COCCOCCCC. The number of hydrogen-bond donors (Lipinski definition) is 2. The van der Waals surface area contributed by atoms with Crippen molar-refractivity contribution in [3.05, 3.63) is 0 Å². The number of hydrogen-bond acceptors (Lipinski definition) is 4. The summed E-state index contributed by atoms with van der Waals surface area (Å²) in [5, 5.41) is 12.6. The summed E-state index contributed by atoms with van der Waals surface area (Å²) in [6, 6.07) is 0. The molecule has 0 aliphatic carbocycles. The van der Waals surface area contributed by atoms with Crippen LogP contribution in [-0.2, 0) is 9.47 Å². The van der Waals surface area contributed by atoms with Crippen LogP contribution in [-0.4, -0.2) is 50.7 Å². The largest absolute Gasteiger partial charge is 0.389 e. The van der Waals surface area contributed by atoms with Crippen molar-refractivity contribution in [3.8, 4) is 12.3 Å². The molecule has 1 atom stereocenters. The Morgan fingerprint density at radius 1 is 1.29 bits per heavy atom. The normalized spacial score (nSPS) is 12.3. The van der Waals surface area contributed by atoms with Crippen LogP contribution in [0.1, 0.15) is 26.2 Å². The molecule has 4 heteroatoms. The van der Waals surface area contributed by atoms with Gasteiger partial charge in [0.25, 0.3) is 0 Å². The summed E-state index contributed by atoms with van der Waals surface area (Å²) < 4.78 is 10.6. The van der Waals surface area contributed by atoms with Crippen molar-refractivity contribution in [3.63, 3.8) is 0 Å². The van der Waals surface area contributed by atoms with Crippen LogP contribution in [0.25, 0.3) is 0 Å². The highest BCUT2D eigenvalue weighted by Crippen LogP contribution is 1.89. The smallest absolute Gasteiger partial charge is 0.0897 e. The third kappa shape index (κ3) is 13.3. The van der Waals surface area contributed by atoms with Gasteiger partial charge in [0.15, 0.2) is 0 Å². The van der Waals surface area contributed by atoms with Crippen molar-refractivity contribution in [2.45, 2.75) is 32.3 Å². The van der Waals surface area contributed by atoms with Gasteiger partial charge in [-0.05, 0) is 6.42 Å². The highest BCUT2D eigenvalue weighted by atomic mass is 16.5. The van der Waals surface area contributed by atoms with Gasteiger partial charge in [-0.25, -0.2) is 0 Å². The second-order valence-corrected chi connectivity index (χ2v) is 3.85. The molecule has 0 aliphatic rings. The minimum atomic E-state index is -0.483. The van der Waals surface area contributed by atoms with E-state index in [0.717, 1.165) is 26.0 Å². The van der Waals surface area contributed by atoms with E-state index >= 15 is 0 Å². The summed E-state index contributed by atoms with van der Waals surface area (Å²) >= 11 is 0. The van der Waals surface area contributed by atoms with Crippen LogP contribution in [0.5, 0.6) is 0 Å². The van der Waals surface area contributed by atoms with E-state index in [1.54, 1.807) is 0 Å². The maximum absolute atomic E-state index is 9.51. The molecule has 100 valence electrons. The Labute approximate surface area is 105 Å². The molecule has 0 amide bonds. The maximum atomic E-state index is 9.51. The molecule has 0 bridgehead atoms. The highest BCUT2D eigenvalue weighted by molar-refractivity contribution is 4.84. The Kier molecular flexibility index (Phi) is 13.0. The molecular formula is C13H25NO3. The Hall–Kier alpha value is -0.600. The molecule has 0 fully saturated rings. The molecule has 0 saturated carbocycles. The van der Waals surface area contributed by atoms with Gasteiger partial charge in [0.05, 0.1) is 25.9 Å². The molecular weight excluding hydrogens is 218 g/mol. The number of nitrogens with one attached hydrogen (secondary N) is 1. The second-order valence-electron chi connectivity index (χ2n) is 3.85. The average Bonchev–Trinajstić information content (AvgIpc) is 2.33. The van der Waals surface area contributed by atoms with Gasteiger partial charge in [-0.1, -0.05) is 13.3 Å². The monoisotopic (exact) mass is 243 g/mol. The van der Waals surface area contributed by atoms with E-state index in [4.69, 9.17) is 15.9 Å². The van der Waals surface area contributed by atoms with E-state index < -0.39 is 6.10 Å². The topological polar surface area (TPSA) is 50.7 Å². The fourth-order valence-corrected chi connectivity index (χ4v) is 1.17. The number of aliphatic hydroxyl groups is 1. The van der Waals surface area contributed by atoms with Crippen molar-refractivity contribution < 1.29 is 14.6 Å².